The molecule has 0 fully saturated rings. The molecule has 3 rings (SSSR count). The Morgan fingerprint density at radius 2 is 2.12 bits per heavy atom. The van der Waals surface area contributed by atoms with Crippen molar-refractivity contribution in [3.8, 4) is 17.1 Å². The molecule has 0 aliphatic heterocycles. The molecule has 2 heterocycles. The Labute approximate surface area is 137 Å². The maximum atomic E-state index is 10.7. The summed E-state index contributed by atoms with van der Waals surface area (Å²) in [5.41, 5.74) is 1.42. The van der Waals surface area contributed by atoms with Gasteiger partial charge in [-0.3, -0.25) is 10.1 Å². The summed E-state index contributed by atoms with van der Waals surface area (Å²) in [5, 5.41) is 22.0. The first-order valence-corrected chi connectivity index (χ1v) is 7.36. The number of hydrogen-bond donors (Lipinski definition) is 1. The molecule has 3 aromatic rings. The van der Waals surface area contributed by atoms with Crippen molar-refractivity contribution in [2.24, 2.45) is 0 Å². The Morgan fingerprint density at radius 3 is 2.79 bits per heavy atom. The van der Waals surface area contributed by atoms with E-state index in [0.717, 1.165) is 0 Å². The van der Waals surface area contributed by atoms with E-state index in [9.17, 15) is 10.1 Å². The van der Waals surface area contributed by atoms with Crippen LogP contribution in [0.15, 0.2) is 41.2 Å². The van der Waals surface area contributed by atoms with Crippen LogP contribution in [0.5, 0.6) is 0 Å². The van der Waals surface area contributed by atoms with Gasteiger partial charge >= 0.3 is 0 Å². The molecule has 0 aliphatic rings. The summed E-state index contributed by atoms with van der Waals surface area (Å²) in [5.74, 6) is 1.01. The highest BCUT2D eigenvalue weighted by Gasteiger charge is 2.13. The van der Waals surface area contributed by atoms with Gasteiger partial charge in [0.05, 0.1) is 22.4 Å². The lowest BCUT2D eigenvalue weighted by atomic mass is 10.2. The van der Waals surface area contributed by atoms with Gasteiger partial charge in [-0.25, -0.2) is 4.68 Å². The summed E-state index contributed by atoms with van der Waals surface area (Å²) in [7, 11) is 1.87. The summed E-state index contributed by atoms with van der Waals surface area (Å²) in [6.07, 6.45) is 4.01. The highest BCUT2D eigenvalue weighted by molar-refractivity contribution is 5.51. The van der Waals surface area contributed by atoms with Crippen molar-refractivity contribution >= 4 is 5.69 Å². The van der Waals surface area contributed by atoms with Crippen LogP contribution in [0.25, 0.3) is 17.1 Å². The number of likely N-dealkylation sites (N-methyl/N-ethyl adjacent to an activating group) is 1. The summed E-state index contributed by atoms with van der Waals surface area (Å²) >= 11 is 0. The second-order valence-electron chi connectivity index (χ2n) is 5.36. The predicted molar refractivity (Wildman–Crippen MR) is 85.7 cm³/mol. The largest absolute Gasteiger partial charge is 0.334 e. The van der Waals surface area contributed by atoms with Crippen LogP contribution in [-0.4, -0.2) is 37.9 Å². The van der Waals surface area contributed by atoms with Crippen LogP contribution in [-0.2, 0) is 6.42 Å². The number of non-ortho nitro benzene ring substituents is 1. The van der Waals surface area contributed by atoms with Crippen molar-refractivity contribution in [1.29, 1.82) is 0 Å². The van der Waals surface area contributed by atoms with Gasteiger partial charge in [-0.15, -0.1) is 0 Å². The molecule has 0 radical (unpaired) electrons. The van der Waals surface area contributed by atoms with Gasteiger partial charge in [-0.2, -0.15) is 10.1 Å². The molecule has 9 nitrogen and oxygen atoms in total. The molecule has 1 unspecified atom stereocenters. The number of benzene rings is 1. The highest BCUT2D eigenvalue weighted by atomic mass is 16.6. The minimum Gasteiger partial charge on any atom is -0.334 e. The standard InChI is InChI=1S/C15H16N6O3/c1-10(16-2)7-14-18-15(24-19-14)11-8-17-20(9-11)12-3-5-13(6-4-12)21(22)23/h3-6,8-10,16H,7H2,1-2H3. The zero-order valence-corrected chi connectivity index (χ0v) is 13.2. The fourth-order valence-electron chi connectivity index (χ4n) is 2.13. The Morgan fingerprint density at radius 1 is 1.38 bits per heavy atom. The molecule has 24 heavy (non-hydrogen) atoms. The molecule has 1 atom stereocenters. The van der Waals surface area contributed by atoms with Gasteiger partial charge in [0.15, 0.2) is 5.82 Å². The van der Waals surface area contributed by atoms with Crippen LogP contribution >= 0.6 is 0 Å². The molecule has 124 valence electrons. The predicted octanol–water partition coefficient (Wildman–Crippen LogP) is 1.98. The third kappa shape index (κ3) is 3.30. The van der Waals surface area contributed by atoms with Crippen LogP contribution in [0.4, 0.5) is 5.69 Å². The molecule has 0 aliphatic carbocycles. The third-order valence-electron chi connectivity index (χ3n) is 3.60. The highest BCUT2D eigenvalue weighted by Crippen LogP contribution is 2.20. The number of hydrogen-bond acceptors (Lipinski definition) is 7. The third-order valence-corrected chi connectivity index (χ3v) is 3.60. The fourth-order valence-corrected chi connectivity index (χ4v) is 2.13. The maximum absolute atomic E-state index is 10.7. The van der Waals surface area contributed by atoms with E-state index in [1.807, 2.05) is 14.0 Å². The lowest BCUT2D eigenvalue weighted by Gasteiger charge is -2.04. The molecule has 0 saturated carbocycles. The Hall–Kier alpha value is -3.07. The van der Waals surface area contributed by atoms with Gasteiger partial charge in [0.2, 0.25) is 0 Å². The first kappa shape index (κ1) is 15.8. The van der Waals surface area contributed by atoms with Gasteiger partial charge in [-0.05, 0) is 26.1 Å². The summed E-state index contributed by atoms with van der Waals surface area (Å²) in [6, 6.07) is 6.37. The quantitative estimate of drug-likeness (QED) is 0.544. The van der Waals surface area contributed by atoms with E-state index >= 15 is 0 Å². The second kappa shape index (κ2) is 6.59. The summed E-state index contributed by atoms with van der Waals surface area (Å²) < 4.78 is 6.86. The average Bonchev–Trinajstić information content (AvgIpc) is 3.24. The minimum absolute atomic E-state index is 0.0336. The van der Waals surface area contributed by atoms with E-state index < -0.39 is 4.92 Å². The molecule has 0 amide bonds. The number of aromatic nitrogens is 4. The second-order valence-corrected chi connectivity index (χ2v) is 5.36. The number of nitrogens with zero attached hydrogens (tertiary/aromatic N) is 5. The van der Waals surface area contributed by atoms with E-state index in [4.69, 9.17) is 4.52 Å². The summed E-state index contributed by atoms with van der Waals surface area (Å²) in [6.45, 7) is 2.03. The normalized spacial score (nSPS) is 12.2. The zero-order valence-electron chi connectivity index (χ0n) is 13.2. The van der Waals surface area contributed by atoms with E-state index in [1.54, 1.807) is 29.2 Å². The molecule has 1 N–H and O–H groups in total. The zero-order chi connectivity index (χ0) is 17.1. The average molecular weight is 328 g/mol. The van der Waals surface area contributed by atoms with Crippen LogP contribution in [0, 0.1) is 10.1 Å². The van der Waals surface area contributed by atoms with Crippen molar-refractivity contribution in [3.63, 3.8) is 0 Å². The summed E-state index contributed by atoms with van der Waals surface area (Å²) in [4.78, 5) is 14.6. The van der Waals surface area contributed by atoms with Crippen molar-refractivity contribution in [2.75, 3.05) is 7.05 Å². The number of nitrogens with one attached hydrogen (secondary N) is 1. The first-order chi connectivity index (χ1) is 11.6. The van der Waals surface area contributed by atoms with Crippen molar-refractivity contribution in [1.82, 2.24) is 25.2 Å². The molecular weight excluding hydrogens is 312 g/mol. The number of nitro groups is 1. The Kier molecular flexibility index (Phi) is 4.34. The van der Waals surface area contributed by atoms with Gasteiger partial charge in [0.25, 0.3) is 11.6 Å². The van der Waals surface area contributed by atoms with Gasteiger partial charge < -0.3 is 9.84 Å². The smallest absolute Gasteiger partial charge is 0.269 e. The van der Waals surface area contributed by atoms with Crippen LogP contribution < -0.4 is 5.32 Å². The van der Waals surface area contributed by atoms with E-state index in [2.05, 4.69) is 20.6 Å². The SMILES string of the molecule is CNC(C)Cc1noc(-c2cnn(-c3ccc([N+](=O)[O-])cc3)c2)n1. The van der Waals surface area contributed by atoms with Gasteiger partial charge in [-0.1, -0.05) is 5.16 Å². The molecular formula is C15H16N6O3. The van der Waals surface area contributed by atoms with Crippen LogP contribution in [0.2, 0.25) is 0 Å². The molecule has 0 spiro atoms. The molecule has 2 aromatic heterocycles. The molecule has 0 saturated heterocycles. The Balaban J connectivity index is 1.79. The van der Waals surface area contributed by atoms with E-state index in [0.29, 0.717) is 29.4 Å². The lowest BCUT2D eigenvalue weighted by Crippen LogP contribution is -2.24. The van der Waals surface area contributed by atoms with Gasteiger partial charge in [0.1, 0.15) is 0 Å². The van der Waals surface area contributed by atoms with Crippen LogP contribution in [0.3, 0.4) is 0 Å². The maximum Gasteiger partial charge on any atom is 0.269 e. The Bertz CT molecular complexity index is 839. The first-order valence-electron chi connectivity index (χ1n) is 7.36. The minimum atomic E-state index is -0.440. The molecule has 1 aromatic carbocycles. The van der Waals surface area contributed by atoms with E-state index in [1.165, 1.54) is 12.1 Å². The topological polar surface area (TPSA) is 112 Å². The van der Waals surface area contributed by atoms with Crippen molar-refractivity contribution in [3.05, 3.63) is 52.6 Å². The van der Waals surface area contributed by atoms with Crippen molar-refractivity contribution in [2.45, 2.75) is 19.4 Å². The monoisotopic (exact) mass is 328 g/mol. The lowest BCUT2D eigenvalue weighted by molar-refractivity contribution is -0.384. The van der Waals surface area contributed by atoms with Crippen molar-refractivity contribution < 1.29 is 9.45 Å². The molecule has 9 heteroatoms. The van der Waals surface area contributed by atoms with E-state index in [-0.39, 0.29) is 11.7 Å². The number of nitro benzene ring substituents is 1. The van der Waals surface area contributed by atoms with Crippen LogP contribution in [0.1, 0.15) is 12.7 Å². The number of rotatable bonds is 6. The molecule has 0 bridgehead atoms. The van der Waals surface area contributed by atoms with Gasteiger partial charge in [0, 0.05) is 30.8 Å². The fraction of sp³-hybridized carbons (Fsp3) is 0.267.